The van der Waals surface area contributed by atoms with Crippen LogP contribution in [-0.2, 0) is 9.59 Å². The second-order valence-electron chi connectivity index (χ2n) is 3.70. The Morgan fingerprint density at radius 3 is 2.44 bits per heavy atom. The molecule has 0 saturated carbocycles. The predicted octanol–water partition coefficient (Wildman–Crippen LogP) is 2.59. The summed E-state index contributed by atoms with van der Waals surface area (Å²) in [6, 6.07) is 0. The molecule has 3 nitrogen and oxygen atoms in total. The number of imide groups is 1. The average molecular weight is 223 g/mol. The summed E-state index contributed by atoms with van der Waals surface area (Å²) < 4.78 is 0. The minimum atomic E-state index is -0.321. The summed E-state index contributed by atoms with van der Waals surface area (Å²) in [5.41, 5.74) is 0.865. The average Bonchev–Trinajstić information content (AvgIpc) is 2.25. The van der Waals surface area contributed by atoms with Crippen LogP contribution in [-0.4, -0.2) is 11.8 Å². The van der Waals surface area contributed by atoms with Gasteiger partial charge in [-0.3, -0.25) is 14.9 Å². The van der Waals surface area contributed by atoms with Gasteiger partial charge in [-0.1, -0.05) is 32.6 Å². The molecule has 0 saturated heterocycles. The number of hydrogen-bond donors (Lipinski definition) is 1. The van der Waals surface area contributed by atoms with Gasteiger partial charge in [-0.2, -0.15) is 0 Å². The van der Waals surface area contributed by atoms with Gasteiger partial charge in [0.25, 0.3) is 0 Å². The van der Waals surface area contributed by atoms with Crippen molar-refractivity contribution in [3.05, 3.63) is 24.3 Å². The van der Waals surface area contributed by atoms with E-state index in [-0.39, 0.29) is 17.7 Å². The summed E-state index contributed by atoms with van der Waals surface area (Å²) >= 11 is 0. The molecule has 1 atom stereocenters. The third-order valence-corrected chi connectivity index (χ3v) is 2.31. The van der Waals surface area contributed by atoms with Crippen molar-refractivity contribution in [3.8, 4) is 0 Å². The van der Waals surface area contributed by atoms with E-state index >= 15 is 0 Å². The van der Waals surface area contributed by atoms with Gasteiger partial charge in [0.05, 0.1) is 5.92 Å². The molecular weight excluding hydrogens is 202 g/mol. The van der Waals surface area contributed by atoms with Crippen LogP contribution in [0.4, 0.5) is 0 Å². The Morgan fingerprint density at radius 2 is 2.00 bits per heavy atom. The molecule has 0 aromatic carbocycles. The maximum Gasteiger partial charge on any atom is 0.233 e. The first-order valence-electron chi connectivity index (χ1n) is 5.72. The number of allylic oxidation sites excluding steroid dienone is 2. The Morgan fingerprint density at radius 1 is 1.38 bits per heavy atom. The molecule has 0 radical (unpaired) electrons. The summed E-state index contributed by atoms with van der Waals surface area (Å²) in [6.07, 6.45) is 5.59. The molecule has 16 heavy (non-hydrogen) atoms. The molecule has 0 fully saturated rings. The van der Waals surface area contributed by atoms with Gasteiger partial charge in [-0.05, 0) is 25.3 Å². The summed E-state index contributed by atoms with van der Waals surface area (Å²) in [5, 5.41) is 2.39. The van der Waals surface area contributed by atoms with Crippen LogP contribution >= 0.6 is 0 Å². The van der Waals surface area contributed by atoms with E-state index in [1.807, 2.05) is 19.9 Å². The largest absolute Gasteiger partial charge is 0.296 e. The van der Waals surface area contributed by atoms with Gasteiger partial charge < -0.3 is 0 Å². The molecule has 90 valence electrons. The van der Waals surface area contributed by atoms with Crippen LogP contribution in [0.3, 0.4) is 0 Å². The first-order chi connectivity index (χ1) is 7.56. The smallest absolute Gasteiger partial charge is 0.233 e. The molecule has 0 aromatic heterocycles. The molecule has 1 unspecified atom stereocenters. The SMILES string of the molecule is C=C/C(=C\CC)C(C)C(=O)NC(=O)CCC. The van der Waals surface area contributed by atoms with E-state index in [9.17, 15) is 9.59 Å². The monoisotopic (exact) mass is 223 g/mol. The number of nitrogens with one attached hydrogen (secondary N) is 1. The number of carbonyl (C=O) groups excluding carboxylic acids is 2. The fourth-order valence-electron chi connectivity index (χ4n) is 1.36. The van der Waals surface area contributed by atoms with Crippen LogP contribution in [0, 0.1) is 5.92 Å². The molecule has 2 amide bonds. The quantitative estimate of drug-likeness (QED) is 0.703. The zero-order valence-electron chi connectivity index (χ0n) is 10.4. The second-order valence-corrected chi connectivity index (χ2v) is 3.70. The van der Waals surface area contributed by atoms with E-state index in [0.717, 1.165) is 18.4 Å². The fourth-order valence-corrected chi connectivity index (χ4v) is 1.36. The topological polar surface area (TPSA) is 46.2 Å². The van der Waals surface area contributed by atoms with Gasteiger partial charge >= 0.3 is 0 Å². The van der Waals surface area contributed by atoms with Crippen LogP contribution < -0.4 is 5.32 Å². The Labute approximate surface area is 97.6 Å². The van der Waals surface area contributed by atoms with Gasteiger partial charge in [-0.15, -0.1) is 0 Å². The molecule has 0 aliphatic carbocycles. The molecule has 0 aliphatic rings. The molecule has 0 heterocycles. The van der Waals surface area contributed by atoms with E-state index in [1.165, 1.54) is 0 Å². The molecular formula is C13H21NO2. The van der Waals surface area contributed by atoms with E-state index in [0.29, 0.717) is 6.42 Å². The first-order valence-corrected chi connectivity index (χ1v) is 5.72. The predicted molar refractivity (Wildman–Crippen MR) is 65.8 cm³/mol. The summed E-state index contributed by atoms with van der Waals surface area (Å²) in [7, 11) is 0. The minimum absolute atomic E-state index is 0.209. The third-order valence-electron chi connectivity index (χ3n) is 2.31. The fraction of sp³-hybridized carbons (Fsp3) is 0.538. The lowest BCUT2D eigenvalue weighted by molar-refractivity contribution is -0.131. The summed E-state index contributed by atoms with van der Waals surface area (Å²) in [5.74, 6) is -0.782. The van der Waals surface area contributed by atoms with Crippen molar-refractivity contribution in [2.75, 3.05) is 0 Å². The molecule has 1 N–H and O–H groups in total. The van der Waals surface area contributed by atoms with E-state index in [2.05, 4.69) is 11.9 Å². The van der Waals surface area contributed by atoms with Crippen LogP contribution in [0.2, 0.25) is 0 Å². The lowest BCUT2D eigenvalue weighted by Crippen LogP contribution is -2.34. The van der Waals surface area contributed by atoms with Crippen LogP contribution in [0.25, 0.3) is 0 Å². The highest BCUT2D eigenvalue weighted by Gasteiger charge is 2.17. The lowest BCUT2D eigenvalue weighted by Gasteiger charge is -2.12. The van der Waals surface area contributed by atoms with Crippen molar-refractivity contribution in [2.24, 2.45) is 5.92 Å². The van der Waals surface area contributed by atoms with E-state index in [1.54, 1.807) is 13.0 Å². The zero-order chi connectivity index (χ0) is 12.6. The maximum absolute atomic E-state index is 11.7. The Hall–Kier alpha value is -1.38. The molecule has 0 bridgehead atoms. The highest BCUT2D eigenvalue weighted by Crippen LogP contribution is 2.12. The standard InChI is InChI=1S/C13H21NO2/c1-5-8-11(7-3)10(4)13(16)14-12(15)9-6-2/h7-8,10H,3,5-6,9H2,1-2,4H3,(H,14,15,16)/b11-8+. The number of amides is 2. The summed E-state index contributed by atoms with van der Waals surface area (Å²) in [6.45, 7) is 9.34. The number of carbonyl (C=O) groups is 2. The Bertz CT molecular complexity index is 292. The van der Waals surface area contributed by atoms with E-state index in [4.69, 9.17) is 0 Å². The van der Waals surface area contributed by atoms with Gasteiger partial charge in [0, 0.05) is 6.42 Å². The van der Waals surface area contributed by atoms with Gasteiger partial charge in [-0.25, -0.2) is 0 Å². The van der Waals surface area contributed by atoms with Crippen LogP contribution in [0.15, 0.2) is 24.3 Å². The third kappa shape index (κ3) is 4.91. The maximum atomic E-state index is 11.7. The molecule has 0 spiro atoms. The highest BCUT2D eigenvalue weighted by molar-refractivity contribution is 5.97. The number of rotatable bonds is 6. The van der Waals surface area contributed by atoms with Crippen molar-refractivity contribution in [2.45, 2.75) is 40.0 Å². The van der Waals surface area contributed by atoms with Crippen molar-refractivity contribution < 1.29 is 9.59 Å². The van der Waals surface area contributed by atoms with Crippen LogP contribution in [0.5, 0.6) is 0 Å². The summed E-state index contributed by atoms with van der Waals surface area (Å²) in [4.78, 5) is 22.9. The minimum Gasteiger partial charge on any atom is -0.296 e. The normalized spacial score (nSPS) is 13.1. The number of hydrogen-bond acceptors (Lipinski definition) is 2. The zero-order valence-corrected chi connectivity index (χ0v) is 10.4. The molecule has 0 aliphatic heterocycles. The van der Waals surface area contributed by atoms with Gasteiger partial charge in [0.2, 0.25) is 11.8 Å². The van der Waals surface area contributed by atoms with Gasteiger partial charge in [0.1, 0.15) is 0 Å². The van der Waals surface area contributed by atoms with Crippen molar-refractivity contribution in [1.29, 1.82) is 0 Å². The molecule has 0 rings (SSSR count). The van der Waals surface area contributed by atoms with Crippen LogP contribution in [0.1, 0.15) is 40.0 Å². The Kier molecular flexibility index (Phi) is 7.18. The van der Waals surface area contributed by atoms with Crippen molar-refractivity contribution in [3.63, 3.8) is 0 Å². The first kappa shape index (κ1) is 14.6. The highest BCUT2D eigenvalue weighted by atomic mass is 16.2. The Balaban J connectivity index is 4.43. The van der Waals surface area contributed by atoms with Crippen molar-refractivity contribution in [1.82, 2.24) is 5.32 Å². The second kappa shape index (κ2) is 7.85. The van der Waals surface area contributed by atoms with Crippen molar-refractivity contribution >= 4 is 11.8 Å². The lowest BCUT2D eigenvalue weighted by atomic mass is 9.99. The van der Waals surface area contributed by atoms with Gasteiger partial charge in [0.15, 0.2) is 0 Å². The molecule has 3 heteroatoms. The molecule has 0 aromatic rings. The van der Waals surface area contributed by atoms with E-state index < -0.39 is 0 Å².